The highest BCUT2D eigenvalue weighted by molar-refractivity contribution is 9.10. The van der Waals surface area contributed by atoms with Crippen molar-refractivity contribution in [2.24, 2.45) is 0 Å². The predicted octanol–water partition coefficient (Wildman–Crippen LogP) is 3.13. The smallest absolute Gasteiger partial charge is 0.326 e. The second-order valence-electron chi connectivity index (χ2n) is 6.75. The van der Waals surface area contributed by atoms with Gasteiger partial charge in [-0.25, -0.2) is 13.2 Å². The molecule has 7 nitrogen and oxygen atoms in total. The van der Waals surface area contributed by atoms with Crippen LogP contribution < -0.4 is 10.4 Å². The lowest BCUT2D eigenvalue weighted by atomic mass is 10.1. The van der Waals surface area contributed by atoms with Gasteiger partial charge in [0, 0.05) is 23.6 Å². The van der Waals surface area contributed by atoms with E-state index in [9.17, 15) is 13.2 Å². The van der Waals surface area contributed by atoms with Gasteiger partial charge in [-0.2, -0.15) is 4.31 Å². The van der Waals surface area contributed by atoms with Crippen molar-refractivity contribution in [1.82, 2.24) is 13.9 Å². The summed E-state index contributed by atoms with van der Waals surface area (Å²) >= 11 is 3.33. The number of aromatic nitrogens is 2. The number of para-hydroxylation sites is 2. The number of piperidine rings is 1. The van der Waals surface area contributed by atoms with Gasteiger partial charge in [-0.3, -0.25) is 4.57 Å². The Morgan fingerprint density at radius 2 is 1.86 bits per heavy atom. The second kappa shape index (κ2) is 7.38. The van der Waals surface area contributed by atoms with Crippen LogP contribution in [0.15, 0.2) is 56.6 Å². The van der Waals surface area contributed by atoms with Crippen molar-refractivity contribution in [3.05, 3.63) is 57.4 Å². The summed E-state index contributed by atoms with van der Waals surface area (Å²) in [7, 11) is -2.23. The van der Waals surface area contributed by atoms with Gasteiger partial charge in [0.1, 0.15) is 10.6 Å². The molecular formula is C19H20BrN3O4S. The van der Waals surface area contributed by atoms with Crippen LogP contribution in [0.1, 0.15) is 18.9 Å². The van der Waals surface area contributed by atoms with Crippen LogP contribution in [-0.2, 0) is 10.0 Å². The highest BCUT2D eigenvalue weighted by Gasteiger charge is 2.33. The van der Waals surface area contributed by atoms with Crippen LogP contribution >= 0.6 is 15.9 Å². The van der Waals surface area contributed by atoms with Crippen molar-refractivity contribution in [2.45, 2.75) is 23.8 Å². The Kier molecular flexibility index (Phi) is 5.07. The van der Waals surface area contributed by atoms with E-state index >= 15 is 0 Å². The predicted molar refractivity (Wildman–Crippen MR) is 110 cm³/mol. The fourth-order valence-electron chi connectivity index (χ4n) is 3.77. The first-order valence-electron chi connectivity index (χ1n) is 8.95. The van der Waals surface area contributed by atoms with E-state index in [1.807, 2.05) is 24.3 Å². The second-order valence-corrected chi connectivity index (χ2v) is 9.57. The minimum absolute atomic E-state index is 0.0421. The first kappa shape index (κ1) is 19.2. The molecule has 0 atom stereocenters. The molecule has 1 saturated heterocycles. The number of hydrogen-bond donors (Lipinski definition) is 1. The summed E-state index contributed by atoms with van der Waals surface area (Å²) in [5.74, 6) is 0.318. The molecule has 0 saturated carbocycles. The number of benzene rings is 2. The highest BCUT2D eigenvalue weighted by Crippen LogP contribution is 2.33. The van der Waals surface area contributed by atoms with Crippen LogP contribution in [0.3, 0.4) is 0 Å². The average Bonchev–Trinajstić information content (AvgIpc) is 3.03. The van der Waals surface area contributed by atoms with Crippen molar-refractivity contribution in [1.29, 1.82) is 0 Å². The molecule has 2 heterocycles. The fraction of sp³-hybridized carbons (Fsp3) is 0.316. The quantitative estimate of drug-likeness (QED) is 0.641. The van der Waals surface area contributed by atoms with Crippen molar-refractivity contribution in [3.63, 3.8) is 0 Å². The molecule has 1 aliphatic rings. The summed E-state index contributed by atoms with van der Waals surface area (Å²) in [6.07, 6.45) is 1.13. The van der Waals surface area contributed by atoms with Crippen LogP contribution in [0.2, 0.25) is 0 Å². The van der Waals surface area contributed by atoms with Gasteiger partial charge in [0.25, 0.3) is 0 Å². The van der Waals surface area contributed by atoms with E-state index in [2.05, 4.69) is 20.9 Å². The van der Waals surface area contributed by atoms with Gasteiger partial charge in [0.05, 0.1) is 18.1 Å². The Hall–Kier alpha value is -2.10. The lowest BCUT2D eigenvalue weighted by Gasteiger charge is -2.32. The van der Waals surface area contributed by atoms with Crippen molar-refractivity contribution in [3.8, 4) is 5.75 Å². The topological polar surface area (TPSA) is 84.4 Å². The molecule has 28 heavy (non-hydrogen) atoms. The molecule has 0 radical (unpaired) electrons. The zero-order chi connectivity index (χ0) is 19.9. The molecule has 3 aromatic rings. The number of sulfonamides is 1. The van der Waals surface area contributed by atoms with Crippen LogP contribution in [0, 0.1) is 0 Å². The third-order valence-electron chi connectivity index (χ3n) is 5.16. The molecule has 9 heteroatoms. The largest absolute Gasteiger partial charge is 0.495 e. The van der Waals surface area contributed by atoms with E-state index in [4.69, 9.17) is 4.74 Å². The standard InChI is InChI=1S/C19H20BrN3O4S/c1-27-17-7-6-13(20)12-18(17)28(25,26)22-10-8-14(9-11-22)23-16-5-3-2-4-15(16)21-19(23)24/h2-7,12,14H,8-11H2,1H3,(H,21,24). The van der Waals surface area contributed by atoms with Crippen LogP contribution in [0.25, 0.3) is 11.0 Å². The fourth-order valence-corrected chi connectivity index (χ4v) is 5.93. The van der Waals surface area contributed by atoms with E-state index in [-0.39, 0.29) is 16.6 Å². The number of methoxy groups -OCH3 is 1. The monoisotopic (exact) mass is 465 g/mol. The van der Waals surface area contributed by atoms with Crippen molar-refractivity contribution < 1.29 is 13.2 Å². The number of ether oxygens (including phenoxy) is 1. The van der Waals surface area contributed by atoms with Gasteiger partial charge in [0.15, 0.2) is 0 Å². The Morgan fingerprint density at radius 3 is 2.57 bits per heavy atom. The number of fused-ring (bicyclic) bond motifs is 1. The number of nitrogens with zero attached hydrogens (tertiary/aromatic N) is 2. The first-order chi connectivity index (χ1) is 13.4. The molecule has 148 valence electrons. The van der Waals surface area contributed by atoms with Crippen LogP contribution in [0.5, 0.6) is 5.75 Å². The number of hydrogen-bond acceptors (Lipinski definition) is 4. The third kappa shape index (κ3) is 3.27. The Bertz CT molecular complexity index is 1180. The van der Waals surface area contributed by atoms with E-state index in [0.717, 1.165) is 11.0 Å². The molecule has 1 N–H and O–H groups in total. The summed E-state index contributed by atoms with van der Waals surface area (Å²) in [6.45, 7) is 0.684. The number of nitrogens with one attached hydrogen (secondary N) is 1. The number of H-pyrrole nitrogens is 1. The summed E-state index contributed by atoms with van der Waals surface area (Å²) in [6, 6.07) is 12.4. The molecule has 0 bridgehead atoms. The van der Waals surface area contributed by atoms with Gasteiger partial charge >= 0.3 is 5.69 Å². The third-order valence-corrected chi connectivity index (χ3v) is 7.57. The van der Waals surface area contributed by atoms with Crippen molar-refractivity contribution >= 4 is 37.0 Å². The Morgan fingerprint density at radius 1 is 1.14 bits per heavy atom. The molecule has 0 unspecified atom stereocenters. The molecule has 1 fully saturated rings. The van der Waals surface area contributed by atoms with Gasteiger partial charge in [-0.15, -0.1) is 0 Å². The van der Waals surface area contributed by atoms with Gasteiger partial charge < -0.3 is 9.72 Å². The number of halogens is 1. The first-order valence-corrected chi connectivity index (χ1v) is 11.2. The maximum atomic E-state index is 13.1. The van der Waals surface area contributed by atoms with E-state index in [1.54, 1.807) is 22.8 Å². The lowest BCUT2D eigenvalue weighted by molar-refractivity contribution is 0.273. The summed E-state index contributed by atoms with van der Waals surface area (Å²) in [4.78, 5) is 15.4. The van der Waals surface area contributed by atoms with Gasteiger partial charge in [-0.1, -0.05) is 28.1 Å². The number of aromatic amines is 1. The maximum Gasteiger partial charge on any atom is 0.326 e. The molecule has 4 rings (SSSR count). The molecule has 0 amide bonds. The number of rotatable bonds is 4. The van der Waals surface area contributed by atoms with Crippen LogP contribution in [0.4, 0.5) is 0 Å². The Balaban J connectivity index is 1.60. The molecule has 0 aliphatic carbocycles. The summed E-state index contributed by atoms with van der Waals surface area (Å²) in [5.41, 5.74) is 1.49. The molecule has 2 aromatic carbocycles. The Labute approximate surface area is 171 Å². The molecular weight excluding hydrogens is 446 g/mol. The van der Waals surface area contributed by atoms with E-state index in [0.29, 0.717) is 36.2 Å². The SMILES string of the molecule is COc1ccc(Br)cc1S(=O)(=O)N1CCC(n2c(=O)[nH]c3ccccc32)CC1. The average molecular weight is 466 g/mol. The zero-order valence-corrected chi connectivity index (χ0v) is 17.7. The number of imidazole rings is 1. The molecule has 1 aliphatic heterocycles. The van der Waals surface area contributed by atoms with Crippen LogP contribution in [-0.4, -0.2) is 42.5 Å². The molecule has 0 spiro atoms. The minimum atomic E-state index is -3.69. The summed E-state index contributed by atoms with van der Waals surface area (Å²) < 4.78 is 35.4. The van der Waals surface area contributed by atoms with Gasteiger partial charge in [-0.05, 0) is 43.2 Å². The van der Waals surface area contributed by atoms with E-state index in [1.165, 1.54) is 11.4 Å². The minimum Gasteiger partial charge on any atom is -0.495 e. The highest BCUT2D eigenvalue weighted by atomic mass is 79.9. The zero-order valence-electron chi connectivity index (χ0n) is 15.3. The molecule has 1 aromatic heterocycles. The van der Waals surface area contributed by atoms with Crippen molar-refractivity contribution in [2.75, 3.05) is 20.2 Å². The summed E-state index contributed by atoms with van der Waals surface area (Å²) in [5, 5.41) is 0. The van der Waals surface area contributed by atoms with Gasteiger partial charge in [0.2, 0.25) is 10.0 Å². The van der Waals surface area contributed by atoms with E-state index < -0.39 is 10.0 Å². The lowest BCUT2D eigenvalue weighted by Crippen LogP contribution is -2.40. The maximum absolute atomic E-state index is 13.1. The normalized spacial score (nSPS) is 16.5.